The smallest absolute Gasteiger partial charge is 0.264 e. The van der Waals surface area contributed by atoms with Crippen LogP contribution in [0, 0.1) is 0 Å². The first-order valence-corrected chi connectivity index (χ1v) is 15.1. The lowest BCUT2D eigenvalue weighted by Crippen LogP contribution is -2.39. The summed E-state index contributed by atoms with van der Waals surface area (Å²) in [7, 11) is -1.18. The normalized spacial score (nSPS) is 11.2. The molecule has 0 saturated carbocycles. The summed E-state index contributed by atoms with van der Waals surface area (Å²) in [5.74, 6) is 0.530. The first-order chi connectivity index (χ1) is 20.2. The third-order valence-electron chi connectivity index (χ3n) is 5.96. The minimum atomic E-state index is -4.11. The number of rotatable bonds is 12. The molecule has 1 N–H and O–H groups in total. The maximum atomic E-state index is 13.5. The number of nitrogens with zero attached hydrogens (tertiary/aromatic N) is 2. The van der Waals surface area contributed by atoms with Crippen molar-refractivity contribution in [3.05, 3.63) is 112 Å². The van der Waals surface area contributed by atoms with Crippen molar-refractivity contribution < 1.29 is 27.4 Å². The van der Waals surface area contributed by atoms with Gasteiger partial charge in [-0.3, -0.25) is 9.10 Å². The molecule has 0 fully saturated rings. The summed E-state index contributed by atoms with van der Waals surface area (Å²) in [6.45, 7) is -0.316. The lowest BCUT2D eigenvalue weighted by molar-refractivity contribution is -0.119. The zero-order valence-corrected chi connectivity index (χ0v) is 25.8. The van der Waals surface area contributed by atoms with Gasteiger partial charge in [0.05, 0.1) is 35.5 Å². The number of para-hydroxylation sites is 2. The van der Waals surface area contributed by atoms with E-state index in [0.717, 1.165) is 9.87 Å². The van der Waals surface area contributed by atoms with Crippen LogP contribution in [0.15, 0.2) is 105 Å². The second-order valence-corrected chi connectivity index (χ2v) is 11.8. The van der Waals surface area contributed by atoms with Crippen LogP contribution < -0.4 is 23.9 Å². The largest absolute Gasteiger partial charge is 0.495 e. The number of methoxy groups -OCH3 is 2. The number of halogens is 2. The highest BCUT2D eigenvalue weighted by Gasteiger charge is 2.29. The second kappa shape index (κ2) is 14.2. The molecule has 4 rings (SSSR count). The predicted octanol–water partition coefficient (Wildman–Crippen LogP) is 6.04. The Bertz CT molecular complexity index is 1690. The van der Waals surface area contributed by atoms with Gasteiger partial charge in [-0.05, 0) is 64.0 Å². The highest BCUT2D eigenvalue weighted by Crippen LogP contribution is 2.37. The van der Waals surface area contributed by atoms with E-state index in [1.807, 2.05) is 18.2 Å². The van der Waals surface area contributed by atoms with E-state index in [1.54, 1.807) is 60.7 Å². The van der Waals surface area contributed by atoms with Crippen molar-refractivity contribution in [3.63, 3.8) is 0 Å². The molecule has 0 aliphatic heterocycles. The molecular formula is C30H27BrClN3O6S. The van der Waals surface area contributed by atoms with E-state index in [2.05, 4.69) is 26.5 Å². The number of hydrazone groups is 1. The molecule has 0 bridgehead atoms. The maximum Gasteiger partial charge on any atom is 0.264 e. The third-order valence-corrected chi connectivity index (χ3v) is 8.69. The molecule has 4 aromatic carbocycles. The van der Waals surface area contributed by atoms with Crippen molar-refractivity contribution in [2.24, 2.45) is 5.10 Å². The monoisotopic (exact) mass is 671 g/mol. The molecule has 9 nitrogen and oxygen atoms in total. The molecule has 0 radical (unpaired) electrons. The molecule has 0 aliphatic carbocycles. The van der Waals surface area contributed by atoms with Crippen molar-refractivity contribution in [2.45, 2.75) is 11.5 Å². The summed E-state index contributed by atoms with van der Waals surface area (Å²) >= 11 is 9.73. The van der Waals surface area contributed by atoms with Crippen LogP contribution in [0.25, 0.3) is 0 Å². The van der Waals surface area contributed by atoms with Crippen LogP contribution in [0.1, 0.15) is 11.1 Å². The van der Waals surface area contributed by atoms with Crippen molar-refractivity contribution in [2.75, 3.05) is 25.1 Å². The molecule has 0 aromatic heterocycles. The minimum absolute atomic E-state index is 0.0287. The number of anilines is 1. The van der Waals surface area contributed by atoms with E-state index in [9.17, 15) is 13.2 Å². The number of sulfonamides is 1. The Morgan fingerprint density at radius 2 is 1.62 bits per heavy atom. The third kappa shape index (κ3) is 7.41. The highest BCUT2D eigenvalue weighted by atomic mass is 79.9. The van der Waals surface area contributed by atoms with Crippen molar-refractivity contribution in [1.29, 1.82) is 0 Å². The van der Waals surface area contributed by atoms with E-state index in [1.165, 1.54) is 32.6 Å². The summed E-state index contributed by atoms with van der Waals surface area (Å²) < 4.78 is 45.5. The van der Waals surface area contributed by atoms with Gasteiger partial charge in [-0.15, -0.1) is 0 Å². The summed E-state index contributed by atoms with van der Waals surface area (Å²) in [6.07, 6.45) is 1.40. The molecule has 0 aliphatic rings. The zero-order chi connectivity index (χ0) is 30.1. The number of ether oxygens (including phenoxy) is 3. The fourth-order valence-electron chi connectivity index (χ4n) is 3.92. The lowest BCUT2D eigenvalue weighted by Gasteiger charge is -2.25. The van der Waals surface area contributed by atoms with Crippen LogP contribution in [-0.2, 0) is 21.4 Å². The standard InChI is InChI=1S/C30H27BrClN3O6S/c1-39-27-15-9-8-14-26(27)35(42(37,38)23-11-4-3-5-12-23)19-29(36)34-33-18-21-16-24(31)30(28(17-21)40-2)41-20-22-10-6-7-13-25(22)32/h3-18H,19-20H2,1-2H3,(H,34,36)/b33-18-. The lowest BCUT2D eigenvalue weighted by atomic mass is 10.2. The molecule has 0 heterocycles. The van der Waals surface area contributed by atoms with Gasteiger partial charge in [0.1, 0.15) is 18.9 Å². The summed E-state index contributed by atoms with van der Waals surface area (Å²) in [5.41, 5.74) is 4.01. The number of carbonyl (C=O) groups is 1. The summed E-state index contributed by atoms with van der Waals surface area (Å²) in [4.78, 5) is 13.0. The van der Waals surface area contributed by atoms with Crippen molar-refractivity contribution >= 4 is 55.4 Å². The van der Waals surface area contributed by atoms with Crippen molar-refractivity contribution in [3.8, 4) is 17.2 Å². The maximum absolute atomic E-state index is 13.5. The van der Waals surface area contributed by atoms with Crippen LogP contribution in [0.3, 0.4) is 0 Å². The summed E-state index contributed by atoms with van der Waals surface area (Å²) in [6, 6.07) is 25.2. The van der Waals surface area contributed by atoms with Crippen LogP contribution in [0.5, 0.6) is 17.2 Å². The summed E-state index contributed by atoms with van der Waals surface area (Å²) in [5, 5.41) is 4.62. The van der Waals surface area contributed by atoms with Gasteiger partial charge in [0, 0.05) is 10.6 Å². The minimum Gasteiger partial charge on any atom is -0.495 e. The number of amides is 1. The fourth-order valence-corrected chi connectivity index (χ4v) is 6.14. The molecule has 0 unspecified atom stereocenters. The van der Waals surface area contributed by atoms with Gasteiger partial charge in [-0.1, -0.05) is 60.1 Å². The number of hydrogen-bond donors (Lipinski definition) is 1. The molecular weight excluding hydrogens is 646 g/mol. The Balaban J connectivity index is 1.51. The fraction of sp³-hybridized carbons (Fsp3) is 0.133. The number of hydrogen-bond acceptors (Lipinski definition) is 7. The SMILES string of the molecule is COc1ccccc1N(CC(=O)N/N=C\c1cc(Br)c(OCc2ccccc2Cl)c(OC)c1)S(=O)(=O)c1ccccc1. The van der Waals surface area contributed by atoms with Gasteiger partial charge in [0.15, 0.2) is 11.5 Å². The van der Waals surface area contributed by atoms with E-state index in [4.69, 9.17) is 25.8 Å². The van der Waals surface area contributed by atoms with Crippen molar-refractivity contribution in [1.82, 2.24) is 5.43 Å². The molecule has 1 amide bonds. The topological polar surface area (TPSA) is 107 Å². The molecule has 42 heavy (non-hydrogen) atoms. The van der Waals surface area contributed by atoms with Gasteiger partial charge in [-0.25, -0.2) is 13.8 Å². The van der Waals surface area contributed by atoms with Crippen LogP contribution in [0.4, 0.5) is 5.69 Å². The highest BCUT2D eigenvalue weighted by molar-refractivity contribution is 9.10. The zero-order valence-electron chi connectivity index (χ0n) is 22.7. The molecule has 0 spiro atoms. The number of benzene rings is 4. The van der Waals surface area contributed by atoms with Gasteiger partial charge in [0.2, 0.25) is 0 Å². The Kier molecular flexibility index (Phi) is 10.5. The van der Waals surface area contributed by atoms with Gasteiger partial charge in [0.25, 0.3) is 15.9 Å². The Hall–Kier alpha value is -4.06. The van der Waals surface area contributed by atoms with E-state index < -0.39 is 22.5 Å². The van der Waals surface area contributed by atoms with E-state index in [-0.39, 0.29) is 17.2 Å². The predicted molar refractivity (Wildman–Crippen MR) is 166 cm³/mol. The average Bonchev–Trinajstić information content (AvgIpc) is 3.00. The Morgan fingerprint density at radius 1 is 0.952 bits per heavy atom. The Labute approximate surface area is 257 Å². The van der Waals surface area contributed by atoms with Gasteiger partial charge in [-0.2, -0.15) is 5.10 Å². The van der Waals surface area contributed by atoms with E-state index >= 15 is 0 Å². The molecule has 12 heteroatoms. The van der Waals surface area contributed by atoms with Gasteiger partial charge < -0.3 is 14.2 Å². The van der Waals surface area contributed by atoms with Crippen LogP contribution in [-0.4, -0.2) is 41.3 Å². The molecule has 0 saturated heterocycles. The van der Waals surface area contributed by atoms with Gasteiger partial charge >= 0.3 is 0 Å². The first-order valence-electron chi connectivity index (χ1n) is 12.5. The quantitative estimate of drug-likeness (QED) is 0.145. The first kappa shape index (κ1) is 30.9. The molecule has 4 aromatic rings. The average molecular weight is 673 g/mol. The molecule has 218 valence electrons. The Morgan fingerprint density at radius 3 is 2.33 bits per heavy atom. The van der Waals surface area contributed by atoms with Crippen LogP contribution >= 0.6 is 27.5 Å². The van der Waals surface area contributed by atoms with E-state index in [0.29, 0.717) is 32.3 Å². The number of nitrogens with one attached hydrogen (secondary N) is 1. The second-order valence-electron chi connectivity index (χ2n) is 8.70. The van der Waals surface area contributed by atoms with Crippen LogP contribution in [0.2, 0.25) is 5.02 Å². The molecule has 0 atom stereocenters. The number of carbonyl (C=O) groups excluding carboxylic acids is 1.